The predicted molar refractivity (Wildman–Crippen MR) is 80.5 cm³/mol. The standard InChI is InChI=1S/C16H17BrO2/c1-11-4-3-5-14(16(11)17)15(18)10-12-6-8-13(19-2)9-7-12/h3-9,15,18H,10H2,1-2H3. The van der Waals surface area contributed by atoms with Gasteiger partial charge in [-0.05, 0) is 35.7 Å². The number of hydrogen-bond acceptors (Lipinski definition) is 2. The SMILES string of the molecule is COc1ccc(CC(O)c2cccc(C)c2Br)cc1. The maximum atomic E-state index is 10.3. The van der Waals surface area contributed by atoms with Crippen LogP contribution in [0.15, 0.2) is 46.9 Å². The molecule has 0 bridgehead atoms. The second-order valence-electron chi connectivity index (χ2n) is 4.55. The summed E-state index contributed by atoms with van der Waals surface area (Å²) in [5, 5.41) is 10.3. The third kappa shape index (κ3) is 3.37. The fraction of sp³-hybridized carbons (Fsp3) is 0.250. The van der Waals surface area contributed by atoms with Gasteiger partial charge >= 0.3 is 0 Å². The normalized spacial score (nSPS) is 12.2. The molecule has 1 N–H and O–H groups in total. The van der Waals surface area contributed by atoms with Gasteiger partial charge < -0.3 is 9.84 Å². The van der Waals surface area contributed by atoms with Crippen molar-refractivity contribution < 1.29 is 9.84 Å². The van der Waals surface area contributed by atoms with E-state index in [0.717, 1.165) is 26.9 Å². The number of rotatable bonds is 4. The van der Waals surface area contributed by atoms with Gasteiger partial charge in [0.2, 0.25) is 0 Å². The number of ether oxygens (including phenoxy) is 1. The van der Waals surface area contributed by atoms with Crippen molar-refractivity contribution >= 4 is 15.9 Å². The van der Waals surface area contributed by atoms with Crippen LogP contribution in [0.25, 0.3) is 0 Å². The molecule has 0 aliphatic heterocycles. The first-order valence-electron chi connectivity index (χ1n) is 6.18. The van der Waals surface area contributed by atoms with E-state index in [2.05, 4.69) is 15.9 Å². The van der Waals surface area contributed by atoms with Crippen molar-refractivity contribution in [2.24, 2.45) is 0 Å². The number of methoxy groups -OCH3 is 1. The number of aryl methyl sites for hydroxylation is 1. The highest BCUT2D eigenvalue weighted by molar-refractivity contribution is 9.10. The number of hydrogen-bond donors (Lipinski definition) is 1. The smallest absolute Gasteiger partial charge is 0.118 e. The van der Waals surface area contributed by atoms with Crippen molar-refractivity contribution in [1.82, 2.24) is 0 Å². The molecule has 0 aliphatic carbocycles. The molecule has 2 aromatic rings. The summed E-state index contributed by atoms with van der Waals surface area (Å²) in [4.78, 5) is 0. The third-order valence-corrected chi connectivity index (χ3v) is 4.25. The topological polar surface area (TPSA) is 29.5 Å². The largest absolute Gasteiger partial charge is 0.497 e. The molecule has 2 aromatic carbocycles. The zero-order valence-corrected chi connectivity index (χ0v) is 12.6. The lowest BCUT2D eigenvalue weighted by Crippen LogP contribution is -2.03. The van der Waals surface area contributed by atoms with Gasteiger partial charge in [0, 0.05) is 10.9 Å². The Kier molecular flexibility index (Phi) is 4.61. The molecular weight excluding hydrogens is 304 g/mol. The summed E-state index contributed by atoms with van der Waals surface area (Å²) in [5.74, 6) is 0.829. The molecule has 100 valence electrons. The third-order valence-electron chi connectivity index (χ3n) is 3.17. The van der Waals surface area contributed by atoms with Crippen LogP contribution in [0.5, 0.6) is 5.75 Å². The maximum Gasteiger partial charge on any atom is 0.118 e. The lowest BCUT2D eigenvalue weighted by atomic mass is 10.00. The molecule has 0 saturated heterocycles. The first-order valence-corrected chi connectivity index (χ1v) is 6.97. The number of aliphatic hydroxyl groups excluding tert-OH is 1. The minimum atomic E-state index is -0.511. The minimum Gasteiger partial charge on any atom is -0.497 e. The molecule has 1 unspecified atom stereocenters. The molecule has 2 nitrogen and oxygen atoms in total. The van der Waals surface area contributed by atoms with Crippen molar-refractivity contribution in [2.75, 3.05) is 7.11 Å². The molecule has 0 fully saturated rings. The Morgan fingerprint density at radius 2 is 1.84 bits per heavy atom. The molecule has 0 radical (unpaired) electrons. The van der Waals surface area contributed by atoms with Gasteiger partial charge in [0.25, 0.3) is 0 Å². The summed E-state index contributed by atoms with van der Waals surface area (Å²) in [6.07, 6.45) is 0.0779. The van der Waals surface area contributed by atoms with Crippen molar-refractivity contribution in [1.29, 1.82) is 0 Å². The van der Waals surface area contributed by atoms with Crippen LogP contribution in [-0.4, -0.2) is 12.2 Å². The van der Waals surface area contributed by atoms with E-state index >= 15 is 0 Å². The van der Waals surface area contributed by atoms with E-state index in [-0.39, 0.29) is 0 Å². The van der Waals surface area contributed by atoms with Crippen LogP contribution in [0.3, 0.4) is 0 Å². The van der Waals surface area contributed by atoms with Gasteiger partial charge in [-0.1, -0.05) is 46.3 Å². The monoisotopic (exact) mass is 320 g/mol. The zero-order valence-electron chi connectivity index (χ0n) is 11.1. The van der Waals surface area contributed by atoms with Crippen molar-refractivity contribution in [3.8, 4) is 5.75 Å². The molecule has 0 aliphatic rings. The Bertz CT molecular complexity index is 549. The molecule has 0 saturated carbocycles. The van der Waals surface area contributed by atoms with Crippen LogP contribution >= 0.6 is 15.9 Å². The molecule has 0 aromatic heterocycles. The summed E-state index contributed by atoms with van der Waals surface area (Å²) in [6.45, 7) is 2.02. The Morgan fingerprint density at radius 1 is 1.16 bits per heavy atom. The second-order valence-corrected chi connectivity index (χ2v) is 5.34. The van der Waals surface area contributed by atoms with Gasteiger partial charge in [0.15, 0.2) is 0 Å². The van der Waals surface area contributed by atoms with Crippen LogP contribution in [0.4, 0.5) is 0 Å². The summed E-state index contributed by atoms with van der Waals surface area (Å²) in [6, 6.07) is 13.7. The second kappa shape index (κ2) is 6.22. The van der Waals surface area contributed by atoms with Gasteiger partial charge in [-0.25, -0.2) is 0 Å². The quantitative estimate of drug-likeness (QED) is 0.921. The van der Waals surface area contributed by atoms with Gasteiger partial charge in [0.1, 0.15) is 5.75 Å². The molecule has 3 heteroatoms. The highest BCUT2D eigenvalue weighted by Gasteiger charge is 2.13. The van der Waals surface area contributed by atoms with E-state index in [4.69, 9.17) is 4.74 Å². The van der Waals surface area contributed by atoms with Gasteiger partial charge in [-0.2, -0.15) is 0 Å². The Balaban J connectivity index is 2.15. The highest BCUT2D eigenvalue weighted by Crippen LogP contribution is 2.29. The fourth-order valence-corrected chi connectivity index (χ4v) is 2.55. The van der Waals surface area contributed by atoms with Crippen LogP contribution in [-0.2, 0) is 6.42 Å². The van der Waals surface area contributed by atoms with Crippen molar-refractivity contribution in [3.05, 3.63) is 63.6 Å². The van der Waals surface area contributed by atoms with E-state index in [1.807, 2.05) is 49.4 Å². The molecular formula is C16H17BrO2. The summed E-state index contributed by atoms with van der Waals surface area (Å²) in [5.41, 5.74) is 3.14. The molecule has 0 spiro atoms. The zero-order chi connectivity index (χ0) is 13.8. The Labute approximate surface area is 122 Å². The Hall–Kier alpha value is -1.32. The summed E-state index contributed by atoms with van der Waals surface area (Å²) >= 11 is 3.54. The van der Waals surface area contributed by atoms with Crippen molar-refractivity contribution in [3.63, 3.8) is 0 Å². The van der Waals surface area contributed by atoms with E-state index in [9.17, 15) is 5.11 Å². The minimum absolute atomic E-state index is 0.511. The maximum absolute atomic E-state index is 10.3. The fourth-order valence-electron chi connectivity index (χ4n) is 2.02. The highest BCUT2D eigenvalue weighted by atomic mass is 79.9. The lowest BCUT2D eigenvalue weighted by molar-refractivity contribution is 0.177. The van der Waals surface area contributed by atoms with E-state index in [1.54, 1.807) is 7.11 Å². The van der Waals surface area contributed by atoms with Crippen molar-refractivity contribution in [2.45, 2.75) is 19.4 Å². The number of aliphatic hydroxyl groups is 1. The van der Waals surface area contributed by atoms with E-state index < -0.39 is 6.10 Å². The lowest BCUT2D eigenvalue weighted by Gasteiger charge is -2.14. The average Bonchev–Trinajstić information content (AvgIpc) is 2.42. The van der Waals surface area contributed by atoms with Gasteiger partial charge in [-0.15, -0.1) is 0 Å². The first kappa shape index (κ1) is 14.1. The average molecular weight is 321 g/mol. The number of benzene rings is 2. The molecule has 2 rings (SSSR count). The number of halogens is 1. The summed E-state index contributed by atoms with van der Waals surface area (Å²) < 4.78 is 6.11. The van der Waals surface area contributed by atoms with Crippen LogP contribution in [0.1, 0.15) is 22.8 Å². The van der Waals surface area contributed by atoms with Gasteiger partial charge in [-0.3, -0.25) is 0 Å². The first-order chi connectivity index (χ1) is 9.11. The molecule has 0 heterocycles. The van der Waals surface area contributed by atoms with E-state index in [0.29, 0.717) is 6.42 Å². The van der Waals surface area contributed by atoms with Gasteiger partial charge in [0.05, 0.1) is 13.2 Å². The predicted octanol–water partition coefficient (Wildman–Crippen LogP) is 4.04. The molecule has 0 amide bonds. The summed E-state index contributed by atoms with van der Waals surface area (Å²) in [7, 11) is 1.65. The van der Waals surface area contributed by atoms with Crippen LogP contribution in [0.2, 0.25) is 0 Å². The Morgan fingerprint density at radius 3 is 2.47 bits per heavy atom. The van der Waals surface area contributed by atoms with Crippen LogP contribution < -0.4 is 4.74 Å². The van der Waals surface area contributed by atoms with Crippen LogP contribution in [0, 0.1) is 6.92 Å². The molecule has 1 atom stereocenters. The molecule has 19 heavy (non-hydrogen) atoms. The van der Waals surface area contributed by atoms with E-state index in [1.165, 1.54) is 0 Å².